The minimum atomic E-state index is 0.431. The molecule has 0 aromatic rings. The van der Waals surface area contributed by atoms with Gasteiger partial charge in [0.25, 0.3) is 0 Å². The van der Waals surface area contributed by atoms with Crippen molar-refractivity contribution in [3.05, 3.63) is 11.6 Å². The average Bonchev–Trinajstić information content (AvgIpc) is 1.88. The Labute approximate surface area is 64.3 Å². The fraction of sp³-hybridized carbons (Fsp3) is 0.800. The van der Waals surface area contributed by atoms with Gasteiger partial charge in [-0.25, -0.2) is 0 Å². The van der Waals surface area contributed by atoms with Crippen molar-refractivity contribution in [1.29, 1.82) is 0 Å². The Morgan fingerprint density at radius 2 is 1.90 bits per heavy atom. The van der Waals surface area contributed by atoms with Crippen LogP contribution in [0.15, 0.2) is 11.6 Å². The maximum absolute atomic E-state index is 2.43. The summed E-state index contributed by atoms with van der Waals surface area (Å²) in [7, 11) is 0. The number of allylic oxidation sites excluding steroid dienone is 2. The normalized spacial score (nSPS) is 20.5. The molecule has 1 rings (SSSR count). The predicted molar refractivity (Wildman–Crippen MR) is 46.0 cm³/mol. The second-order valence-corrected chi connectivity index (χ2v) is 4.23. The minimum Gasteiger partial charge on any atom is -0.0848 e. The Bertz CT molecular complexity index is 135. The maximum Gasteiger partial charge on any atom is -0.0173 e. The van der Waals surface area contributed by atoms with Crippen LogP contribution in [0.25, 0.3) is 0 Å². The summed E-state index contributed by atoms with van der Waals surface area (Å²) in [5.74, 6) is 0. The zero-order valence-electron chi connectivity index (χ0n) is 7.41. The van der Waals surface area contributed by atoms with E-state index in [-0.39, 0.29) is 0 Å². The van der Waals surface area contributed by atoms with E-state index >= 15 is 0 Å². The Morgan fingerprint density at radius 1 is 1.20 bits per heavy atom. The molecule has 1 aliphatic rings. The fourth-order valence-corrected chi connectivity index (χ4v) is 1.52. The summed E-state index contributed by atoms with van der Waals surface area (Å²) in [6.07, 6.45) is 7.89. The summed E-state index contributed by atoms with van der Waals surface area (Å²) in [6.45, 7) is 6.93. The van der Waals surface area contributed by atoms with Crippen LogP contribution in [-0.2, 0) is 0 Å². The molecule has 0 radical (unpaired) electrons. The monoisotopic (exact) mass is 138 g/mol. The van der Waals surface area contributed by atoms with Crippen LogP contribution in [0.4, 0.5) is 0 Å². The van der Waals surface area contributed by atoms with E-state index in [9.17, 15) is 0 Å². The molecule has 0 spiro atoms. The summed E-state index contributed by atoms with van der Waals surface area (Å²) < 4.78 is 0. The molecule has 1 aliphatic carbocycles. The summed E-state index contributed by atoms with van der Waals surface area (Å²) >= 11 is 0. The van der Waals surface area contributed by atoms with Gasteiger partial charge in [0.2, 0.25) is 0 Å². The van der Waals surface area contributed by atoms with Gasteiger partial charge < -0.3 is 0 Å². The average molecular weight is 138 g/mol. The van der Waals surface area contributed by atoms with E-state index in [0.717, 1.165) is 0 Å². The van der Waals surface area contributed by atoms with Crippen molar-refractivity contribution in [3.8, 4) is 0 Å². The molecule has 0 saturated heterocycles. The first kappa shape index (κ1) is 7.84. The van der Waals surface area contributed by atoms with Gasteiger partial charge in [-0.15, -0.1) is 0 Å². The summed E-state index contributed by atoms with van der Waals surface area (Å²) in [4.78, 5) is 0. The highest BCUT2D eigenvalue weighted by Gasteiger charge is 2.17. The van der Waals surface area contributed by atoms with Crippen molar-refractivity contribution >= 4 is 0 Å². The van der Waals surface area contributed by atoms with E-state index < -0.39 is 0 Å². The van der Waals surface area contributed by atoms with Gasteiger partial charge in [0.05, 0.1) is 0 Å². The van der Waals surface area contributed by atoms with Crippen molar-refractivity contribution in [2.45, 2.75) is 46.5 Å². The third-order valence-corrected chi connectivity index (χ3v) is 2.25. The van der Waals surface area contributed by atoms with Crippen LogP contribution in [0.5, 0.6) is 0 Å². The van der Waals surface area contributed by atoms with E-state index in [2.05, 4.69) is 26.8 Å². The molecule has 0 unspecified atom stereocenters. The summed E-state index contributed by atoms with van der Waals surface area (Å²) in [5.41, 5.74) is 2.10. The number of rotatable bonds is 0. The second-order valence-electron chi connectivity index (χ2n) is 4.23. The molecule has 10 heavy (non-hydrogen) atoms. The lowest BCUT2D eigenvalue weighted by molar-refractivity contribution is 0.460. The lowest BCUT2D eigenvalue weighted by atomic mass is 9.80. The van der Waals surface area contributed by atoms with E-state index in [1.165, 1.54) is 25.7 Å². The van der Waals surface area contributed by atoms with Gasteiger partial charge in [-0.2, -0.15) is 0 Å². The molecular formula is C10H18. The highest BCUT2D eigenvalue weighted by molar-refractivity contribution is 5.12. The first-order chi connectivity index (χ1) is 4.61. The molecule has 0 saturated carbocycles. The highest BCUT2D eigenvalue weighted by atomic mass is 14.2. The Hall–Kier alpha value is -0.260. The van der Waals surface area contributed by atoms with Crippen molar-refractivity contribution in [3.63, 3.8) is 0 Å². The quantitative estimate of drug-likeness (QED) is 0.449. The largest absolute Gasteiger partial charge is 0.0848 e. The molecule has 0 aliphatic heterocycles. The summed E-state index contributed by atoms with van der Waals surface area (Å²) in [5, 5.41) is 0. The molecule has 0 N–H and O–H groups in total. The van der Waals surface area contributed by atoms with Crippen molar-refractivity contribution in [2.75, 3.05) is 0 Å². The highest BCUT2D eigenvalue weighted by Crippen LogP contribution is 2.32. The zero-order valence-corrected chi connectivity index (χ0v) is 7.41. The molecule has 0 fully saturated rings. The maximum atomic E-state index is 2.43. The van der Waals surface area contributed by atoms with E-state index in [0.29, 0.717) is 5.41 Å². The summed E-state index contributed by atoms with van der Waals surface area (Å²) in [6, 6.07) is 0. The number of hydrogen-bond acceptors (Lipinski definition) is 0. The molecule has 58 valence electrons. The minimum absolute atomic E-state index is 0.431. The number of hydrogen-bond donors (Lipinski definition) is 0. The van der Waals surface area contributed by atoms with Gasteiger partial charge in [-0.05, 0) is 31.1 Å². The van der Waals surface area contributed by atoms with Gasteiger partial charge in [-0.3, -0.25) is 0 Å². The molecule has 0 atom stereocenters. The molecule has 0 heteroatoms. The van der Waals surface area contributed by atoms with Crippen LogP contribution in [0.3, 0.4) is 0 Å². The van der Waals surface area contributed by atoms with Crippen LogP contribution in [0.1, 0.15) is 46.5 Å². The van der Waals surface area contributed by atoms with Gasteiger partial charge >= 0.3 is 0 Å². The van der Waals surface area contributed by atoms with Gasteiger partial charge in [0.15, 0.2) is 0 Å². The lowest BCUT2D eigenvalue weighted by Crippen LogP contribution is -2.11. The van der Waals surface area contributed by atoms with Crippen LogP contribution < -0.4 is 0 Å². The Kier molecular flexibility index (Phi) is 2.18. The van der Waals surface area contributed by atoms with Crippen LogP contribution in [-0.4, -0.2) is 0 Å². The van der Waals surface area contributed by atoms with Crippen molar-refractivity contribution in [2.24, 2.45) is 5.41 Å². The first-order valence-electron chi connectivity index (χ1n) is 4.30. The smallest absolute Gasteiger partial charge is 0.0173 e. The third-order valence-electron chi connectivity index (χ3n) is 2.25. The van der Waals surface area contributed by atoms with Crippen molar-refractivity contribution < 1.29 is 0 Å². The Morgan fingerprint density at radius 3 is 2.20 bits per heavy atom. The van der Waals surface area contributed by atoms with Crippen LogP contribution >= 0.6 is 0 Å². The van der Waals surface area contributed by atoms with Crippen LogP contribution in [0, 0.1) is 5.41 Å². The van der Waals surface area contributed by atoms with Crippen LogP contribution in [0.2, 0.25) is 0 Å². The van der Waals surface area contributed by atoms with Gasteiger partial charge in [0.1, 0.15) is 0 Å². The molecule has 0 aromatic heterocycles. The van der Waals surface area contributed by atoms with Gasteiger partial charge in [-0.1, -0.05) is 32.4 Å². The standard InChI is InChI=1S/C10H18/c1-10(2,3)9-7-5-4-6-8-9/h7H,4-6,8H2,1-3H3. The first-order valence-corrected chi connectivity index (χ1v) is 4.30. The molecular weight excluding hydrogens is 120 g/mol. The Balaban J connectivity index is 2.62. The SMILES string of the molecule is CC(C)(C)C1=CCCCC1. The molecule has 0 nitrogen and oxygen atoms in total. The van der Waals surface area contributed by atoms with Crippen molar-refractivity contribution in [1.82, 2.24) is 0 Å². The van der Waals surface area contributed by atoms with E-state index in [4.69, 9.17) is 0 Å². The van der Waals surface area contributed by atoms with E-state index in [1.54, 1.807) is 5.57 Å². The third kappa shape index (κ3) is 1.86. The lowest BCUT2D eigenvalue weighted by Gasteiger charge is -2.25. The van der Waals surface area contributed by atoms with Gasteiger partial charge in [0, 0.05) is 0 Å². The molecule has 0 amide bonds. The topological polar surface area (TPSA) is 0 Å². The molecule has 0 heterocycles. The molecule has 0 bridgehead atoms. The fourth-order valence-electron chi connectivity index (χ4n) is 1.52. The molecule has 0 aromatic carbocycles. The van der Waals surface area contributed by atoms with E-state index in [1.807, 2.05) is 0 Å². The second kappa shape index (κ2) is 2.77. The predicted octanol–water partition coefficient (Wildman–Crippen LogP) is 3.53. The zero-order chi connectivity index (χ0) is 7.61.